The Hall–Kier alpha value is -1.84. The predicted octanol–water partition coefficient (Wildman–Crippen LogP) is 2.34. The second-order valence-electron chi connectivity index (χ2n) is 4.25. The standard InChI is InChI=1S/C13H16O4/c1-8-3-4-11(9(2)5-8)10(6-12(14)15)7-13(16)17/h3-5,10H,6-7H2,1-2H3,(H,14,15)(H,16,17). The Morgan fingerprint density at radius 2 is 1.65 bits per heavy atom. The summed E-state index contributed by atoms with van der Waals surface area (Å²) >= 11 is 0. The molecular formula is C13H16O4. The van der Waals surface area contributed by atoms with Gasteiger partial charge in [-0.3, -0.25) is 9.59 Å². The molecule has 0 saturated carbocycles. The molecular weight excluding hydrogens is 220 g/mol. The van der Waals surface area contributed by atoms with E-state index in [9.17, 15) is 9.59 Å². The van der Waals surface area contributed by atoms with Crippen LogP contribution in [0.2, 0.25) is 0 Å². The van der Waals surface area contributed by atoms with Gasteiger partial charge in [0.1, 0.15) is 0 Å². The smallest absolute Gasteiger partial charge is 0.303 e. The lowest BCUT2D eigenvalue weighted by molar-refractivity contribution is -0.139. The zero-order valence-corrected chi connectivity index (χ0v) is 9.93. The van der Waals surface area contributed by atoms with Crippen LogP contribution in [0.4, 0.5) is 0 Å². The molecule has 0 amide bonds. The van der Waals surface area contributed by atoms with Crippen molar-refractivity contribution in [2.24, 2.45) is 0 Å². The maximum atomic E-state index is 10.7. The molecule has 0 spiro atoms. The zero-order valence-electron chi connectivity index (χ0n) is 9.93. The van der Waals surface area contributed by atoms with Crippen LogP contribution in [-0.4, -0.2) is 22.2 Å². The van der Waals surface area contributed by atoms with Gasteiger partial charge in [0, 0.05) is 5.92 Å². The minimum atomic E-state index is -0.976. The predicted molar refractivity (Wildman–Crippen MR) is 63.2 cm³/mol. The number of rotatable bonds is 5. The second kappa shape index (κ2) is 5.48. The summed E-state index contributed by atoms with van der Waals surface area (Å²) in [6.07, 6.45) is -0.313. The van der Waals surface area contributed by atoms with E-state index in [1.165, 1.54) is 0 Å². The van der Waals surface area contributed by atoms with Gasteiger partial charge in [-0.1, -0.05) is 23.8 Å². The second-order valence-corrected chi connectivity index (χ2v) is 4.25. The Morgan fingerprint density at radius 3 is 2.06 bits per heavy atom. The van der Waals surface area contributed by atoms with Crippen LogP contribution >= 0.6 is 0 Å². The molecule has 0 aliphatic rings. The molecule has 0 atom stereocenters. The molecule has 1 aromatic rings. The van der Waals surface area contributed by atoms with E-state index in [0.717, 1.165) is 16.7 Å². The fourth-order valence-electron chi connectivity index (χ4n) is 2.00. The average Bonchev–Trinajstić information content (AvgIpc) is 2.14. The van der Waals surface area contributed by atoms with Crippen molar-refractivity contribution in [1.82, 2.24) is 0 Å². The maximum absolute atomic E-state index is 10.7. The fraction of sp³-hybridized carbons (Fsp3) is 0.385. The molecule has 0 heterocycles. The van der Waals surface area contributed by atoms with Gasteiger partial charge in [-0.25, -0.2) is 0 Å². The van der Waals surface area contributed by atoms with Crippen molar-refractivity contribution in [3.8, 4) is 0 Å². The summed E-state index contributed by atoms with van der Waals surface area (Å²) in [5.74, 6) is -2.42. The third-order valence-corrected chi connectivity index (χ3v) is 2.71. The first kappa shape index (κ1) is 13.2. The lowest BCUT2D eigenvalue weighted by Crippen LogP contribution is -2.12. The summed E-state index contributed by atoms with van der Waals surface area (Å²) in [4.78, 5) is 21.5. The van der Waals surface area contributed by atoms with Crippen LogP contribution in [0, 0.1) is 13.8 Å². The molecule has 0 saturated heterocycles. The van der Waals surface area contributed by atoms with Crippen molar-refractivity contribution in [3.63, 3.8) is 0 Å². The van der Waals surface area contributed by atoms with Gasteiger partial charge in [-0.2, -0.15) is 0 Å². The number of hydrogen-bond acceptors (Lipinski definition) is 2. The van der Waals surface area contributed by atoms with E-state index >= 15 is 0 Å². The molecule has 4 nitrogen and oxygen atoms in total. The molecule has 2 N–H and O–H groups in total. The molecule has 1 aromatic carbocycles. The molecule has 0 aliphatic carbocycles. The molecule has 1 rings (SSSR count). The number of hydrogen-bond donors (Lipinski definition) is 2. The molecule has 0 aliphatic heterocycles. The van der Waals surface area contributed by atoms with Crippen LogP contribution in [0.25, 0.3) is 0 Å². The van der Waals surface area contributed by atoms with Crippen molar-refractivity contribution in [2.45, 2.75) is 32.6 Å². The highest BCUT2D eigenvalue weighted by atomic mass is 16.4. The first-order chi connectivity index (χ1) is 7.90. The summed E-state index contributed by atoms with van der Waals surface area (Å²) < 4.78 is 0. The first-order valence-corrected chi connectivity index (χ1v) is 5.41. The minimum Gasteiger partial charge on any atom is -0.481 e. The Balaban J connectivity index is 3.02. The Labute approximate surface area is 99.9 Å². The molecule has 17 heavy (non-hydrogen) atoms. The van der Waals surface area contributed by atoms with E-state index in [2.05, 4.69) is 0 Å². The van der Waals surface area contributed by atoms with Crippen LogP contribution in [0.3, 0.4) is 0 Å². The average molecular weight is 236 g/mol. The van der Waals surface area contributed by atoms with Crippen molar-refractivity contribution < 1.29 is 19.8 Å². The van der Waals surface area contributed by atoms with Gasteiger partial charge in [0.2, 0.25) is 0 Å². The quantitative estimate of drug-likeness (QED) is 0.822. The monoisotopic (exact) mass is 236 g/mol. The van der Waals surface area contributed by atoms with Gasteiger partial charge in [0.05, 0.1) is 12.8 Å². The summed E-state index contributed by atoms with van der Waals surface area (Å²) in [6.45, 7) is 3.82. The lowest BCUT2D eigenvalue weighted by atomic mass is 9.88. The highest BCUT2D eigenvalue weighted by Crippen LogP contribution is 2.27. The van der Waals surface area contributed by atoms with Gasteiger partial charge in [-0.05, 0) is 25.0 Å². The van der Waals surface area contributed by atoms with E-state index in [4.69, 9.17) is 10.2 Å². The summed E-state index contributed by atoms with van der Waals surface area (Å²) in [7, 11) is 0. The first-order valence-electron chi connectivity index (χ1n) is 5.41. The lowest BCUT2D eigenvalue weighted by Gasteiger charge is -2.16. The van der Waals surface area contributed by atoms with E-state index in [0.29, 0.717) is 0 Å². The number of benzene rings is 1. The van der Waals surface area contributed by atoms with Crippen molar-refractivity contribution in [2.75, 3.05) is 0 Å². The Bertz CT molecular complexity index is 421. The number of carbonyl (C=O) groups is 2. The number of aliphatic carboxylic acids is 2. The van der Waals surface area contributed by atoms with Crippen molar-refractivity contribution >= 4 is 11.9 Å². The number of carboxylic acid groups (broad SMARTS) is 2. The van der Waals surface area contributed by atoms with Gasteiger partial charge < -0.3 is 10.2 Å². The summed E-state index contributed by atoms with van der Waals surface area (Å²) in [5, 5.41) is 17.6. The SMILES string of the molecule is Cc1ccc(C(CC(=O)O)CC(=O)O)c(C)c1. The molecule has 4 heteroatoms. The summed E-state index contributed by atoms with van der Waals surface area (Å²) in [5.41, 5.74) is 2.83. The van der Waals surface area contributed by atoms with Crippen LogP contribution in [0.15, 0.2) is 18.2 Å². The van der Waals surface area contributed by atoms with Crippen molar-refractivity contribution in [3.05, 3.63) is 34.9 Å². The molecule has 0 aromatic heterocycles. The Kier molecular flexibility index (Phi) is 4.26. The molecule has 92 valence electrons. The van der Waals surface area contributed by atoms with Gasteiger partial charge in [0.15, 0.2) is 0 Å². The van der Waals surface area contributed by atoms with Gasteiger partial charge >= 0.3 is 11.9 Å². The highest BCUT2D eigenvalue weighted by Gasteiger charge is 2.20. The Morgan fingerprint density at radius 1 is 1.12 bits per heavy atom. The molecule has 0 fully saturated rings. The van der Waals surface area contributed by atoms with Crippen LogP contribution in [0.1, 0.15) is 35.4 Å². The largest absolute Gasteiger partial charge is 0.481 e. The molecule has 0 radical (unpaired) electrons. The molecule has 0 bridgehead atoms. The maximum Gasteiger partial charge on any atom is 0.303 e. The molecule has 0 unspecified atom stereocenters. The van der Waals surface area contributed by atoms with Crippen LogP contribution in [0.5, 0.6) is 0 Å². The number of aryl methyl sites for hydroxylation is 2. The van der Waals surface area contributed by atoms with E-state index in [1.807, 2.05) is 32.0 Å². The van der Waals surface area contributed by atoms with Crippen molar-refractivity contribution in [1.29, 1.82) is 0 Å². The fourth-order valence-corrected chi connectivity index (χ4v) is 2.00. The third kappa shape index (κ3) is 3.90. The number of carboxylic acids is 2. The highest BCUT2D eigenvalue weighted by molar-refractivity contribution is 5.72. The minimum absolute atomic E-state index is 0.157. The normalized spacial score (nSPS) is 10.5. The third-order valence-electron chi connectivity index (χ3n) is 2.71. The topological polar surface area (TPSA) is 74.6 Å². The van der Waals surface area contributed by atoms with E-state index < -0.39 is 17.9 Å². The van der Waals surface area contributed by atoms with Gasteiger partial charge in [-0.15, -0.1) is 0 Å². The van der Waals surface area contributed by atoms with Crippen LogP contribution in [-0.2, 0) is 9.59 Å². The van der Waals surface area contributed by atoms with E-state index in [1.54, 1.807) is 0 Å². The zero-order chi connectivity index (χ0) is 13.0. The van der Waals surface area contributed by atoms with Crippen LogP contribution < -0.4 is 0 Å². The summed E-state index contributed by atoms with van der Waals surface area (Å²) in [6, 6.07) is 5.63. The van der Waals surface area contributed by atoms with Gasteiger partial charge in [0.25, 0.3) is 0 Å². The van der Waals surface area contributed by atoms with E-state index in [-0.39, 0.29) is 12.8 Å².